The van der Waals surface area contributed by atoms with Crippen molar-refractivity contribution in [2.75, 3.05) is 18.0 Å². The van der Waals surface area contributed by atoms with Gasteiger partial charge in [0.2, 0.25) is 5.95 Å². The molecule has 1 unspecified atom stereocenters. The number of halogens is 1. The van der Waals surface area contributed by atoms with Gasteiger partial charge < -0.3 is 10.6 Å². The average Bonchev–Trinajstić information content (AvgIpc) is 2.53. The first-order chi connectivity index (χ1) is 6.25. The van der Waals surface area contributed by atoms with Crippen LogP contribution in [0, 0.1) is 5.82 Å². The van der Waals surface area contributed by atoms with Crippen LogP contribution in [0.4, 0.5) is 10.3 Å². The summed E-state index contributed by atoms with van der Waals surface area (Å²) in [6.07, 6.45) is 3.29. The van der Waals surface area contributed by atoms with Gasteiger partial charge in [-0.2, -0.15) is 0 Å². The van der Waals surface area contributed by atoms with Gasteiger partial charge in [-0.25, -0.2) is 14.4 Å². The number of anilines is 1. The zero-order chi connectivity index (χ0) is 9.26. The third-order valence-electron chi connectivity index (χ3n) is 2.11. The lowest BCUT2D eigenvalue weighted by Crippen LogP contribution is -2.27. The van der Waals surface area contributed by atoms with Crippen molar-refractivity contribution in [1.29, 1.82) is 0 Å². The van der Waals surface area contributed by atoms with E-state index in [1.165, 1.54) is 12.4 Å². The van der Waals surface area contributed by atoms with E-state index in [0.717, 1.165) is 19.5 Å². The lowest BCUT2D eigenvalue weighted by Gasteiger charge is -2.14. The quantitative estimate of drug-likeness (QED) is 0.671. The van der Waals surface area contributed by atoms with E-state index in [4.69, 9.17) is 5.73 Å². The van der Waals surface area contributed by atoms with E-state index in [1.54, 1.807) is 0 Å². The zero-order valence-electron chi connectivity index (χ0n) is 7.15. The van der Waals surface area contributed by atoms with Crippen LogP contribution in [0.25, 0.3) is 0 Å². The summed E-state index contributed by atoms with van der Waals surface area (Å²) in [6.45, 7) is 1.61. The molecule has 1 fully saturated rings. The Balaban J connectivity index is 2.13. The van der Waals surface area contributed by atoms with Gasteiger partial charge in [0.1, 0.15) is 0 Å². The molecule has 0 spiro atoms. The van der Waals surface area contributed by atoms with Gasteiger partial charge in [0.25, 0.3) is 0 Å². The van der Waals surface area contributed by atoms with Crippen LogP contribution >= 0.6 is 0 Å². The smallest absolute Gasteiger partial charge is 0.225 e. The van der Waals surface area contributed by atoms with Crippen molar-refractivity contribution in [2.24, 2.45) is 5.73 Å². The summed E-state index contributed by atoms with van der Waals surface area (Å²) >= 11 is 0. The van der Waals surface area contributed by atoms with Gasteiger partial charge in [0.05, 0.1) is 12.4 Å². The largest absolute Gasteiger partial charge is 0.339 e. The summed E-state index contributed by atoms with van der Waals surface area (Å²) < 4.78 is 12.5. The van der Waals surface area contributed by atoms with E-state index in [-0.39, 0.29) is 6.04 Å². The fourth-order valence-corrected chi connectivity index (χ4v) is 1.44. The Kier molecular flexibility index (Phi) is 2.10. The second-order valence-corrected chi connectivity index (χ2v) is 3.20. The van der Waals surface area contributed by atoms with E-state index in [9.17, 15) is 4.39 Å². The Morgan fingerprint density at radius 1 is 1.46 bits per heavy atom. The minimum Gasteiger partial charge on any atom is -0.339 e. The number of hydrogen-bond acceptors (Lipinski definition) is 4. The Hall–Kier alpha value is -1.23. The van der Waals surface area contributed by atoms with Gasteiger partial charge in [0.15, 0.2) is 5.82 Å². The fraction of sp³-hybridized carbons (Fsp3) is 0.500. The Morgan fingerprint density at radius 3 is 2.69 bits per heavy atom. The molecule has 13 heavy (non-hydrogen) atoms. The maximum atomic E-state index is 12.5. The molecule has 0 saturated carbocycles. The molecule has 4 nitrogen and oxygen atoms in total. The summed E-state index contributed by atoms with van der Waals surface area (Å²) in [5.41, 5.74) is 5.72. The molecule has 1 aromatic heterocycles. The van der Waals surface area contributed by atoms with E-state index < -0.39 is 5.82 Å². The van der Waals surface area contributed by atoms with Crippen LogP contribution < -0.4 is 10.6 Å². The van der Waals surface area contributed by atoms with Crippen molar-refractivity contribution < 1.29 is 4.39 Å². The maximum Gasteiger partial charge on any atom is 0.225 e. The molecular weight excluding hydrogens is 171 g/mol. The fourth-order valence-electron chi connectivity index (χ4n) is 1.44. The van der Waals surface area contributed by atoms with Crippen LogP contribution in [0.1, 0.15) is 6.42 Å². The van der Waals surface area contributed by atoms with Crippen molar-refractivity contribution >= 4 is 5.95 Å². The summed E-state index contributed by atoms with van der Waals surface area (Å²) in [6, 6.07) is 0.189. The van der Waals surface area contributed by atoms with Crippen molar-refractivity contribution in [3.8, 4) is 0 Å². The van der Waals surface area contributed by atoms with Crippen LogP contribution in [0.5, 0.6) is 0 Å². The first-order valence-electron chi connectivity index (χ1n) is 4.24. The van der Waals surface area contributed by atoms with E-state index in [1.807, 2.05) is 4.90 Å². The molecule has 0 radical (unpaired) electrons. The highest BCUT2D eigenvalue weighted by Crippen LogP contribution is 2.13. The Labute approximate surface area is 75.6 Å². The van der Waals surface area contributed by atoms with Crippen molar-refractivity contribution in [1.82, 2.24) is 9.97 Å². The first kappa shape index (κ1) is 8.37. The molecule has 0 aliphatic carbocycles. The minimum absolute atomic E-state index is 0.189. The maximum absolute atomic E-state index is 12.5. The van der Waals surface area contributed by atoms with Crippen LogP contribution in [0.15, 0.2) is 12.4 Å². The molecule has 1 saturated heterocycles. The molecule has 2 rings (SSSR count). The van der Waals surface area contributed by atoms with Crippen LogP contribution in [-0.4, -0.2) is 29.1 Å². The molecule has 5 heteroatoms. The summed E-state index contributed by atoms with van der Waals surface area (Å²) in [7, 11) is 0. The molecule has 0 aromatic carbocycles. The van der Waals surface area contributed by atoms with Gasteiger partial charge in [-0.1, -0.05) is 0 Å². The van der Waals surface area contributed by atoms with Gasteiger partial charge in [-0.15, -0.1) is 0 Å². The normalized spacial score (nSPS) is 22.3. The lowest BCUT2D eigenvalue weighted by molar-refractivity contribution is 0.612. The second kappa shape index (κ2) is 3.26. The predicted octanol–water partition coefficient (Wildman–Crippen LogP) is 0.153. The number of nitrogens with two attached hydrogens (primary N) is 1. The van der Waals surface area contributed by atoms with Gasteiger partial charge in [-0.3, -0.25) is 0 Å². The van der Waals surface area contributed by atoms with Gasteiger partial charge >= 0.3 is 0 Å². The average molecular weight is 182 g/mol. The molecule has 0 amide bonds. The molecule has 1 aliphatic heterocycles. The lowest BCUT2D eigenvalue weighted by atomic mass is 10.3. The molecule has 1 atom stereocenters. The second-order valence-electron chi connectivity index (χ2n) is 3.20. The van der Waals surface area contributed by atoms with Crippen LogP contribution in [-0.2, 0) is 0 Å². The van der Waals surface area contributed by atoms with Crippen LogP contribution in [0.2, 0.25) is 0 Å². The predicted molar refractivity (Wildman–Crippen MR) is 46.8 cm³/mol. The minimum atomic E-state index is -0.410. The summed E-state index contributed by atoms with van der Waals surface area (Å²) in [5.74, 6) is 0.154. The molecule has 0 bridgehead atoms. The third kappa shape index (κ3) is 1.75. The van der Waals surface area contributed by atoms with Crippen molar-refractivity contribution in [3.63, 3.8) is 0 Å². The number of aromatic nitrogens is 2. The SMILES string of the molecule is NC1CCN(c2ncc(F)cn2)C1. The zero-order valence-corrected chi connectivity index (χ0v) is 7.15. The molecule has 2 N–H and O–H groups in total. The Bertz CT molecular complexity index is 287. The first-order valence-corrected chi connectivity index (χ1v) is 4.24. The van der Waals surface area contributed by atoms with Crippen molar-refractivity contribution in [2.45, 2.75) is 12.5 Å². The van der Waals surface area contributed by atoms with E-state index >= 15 is 0 Å². The summed E-state index contributed by atoms with van der Waals surface area (Å²) in [5, 5.41) is 0. The molecule has 70 valence electrons. The standard InChI is InChI=1S/C8H11FN4/c9-6-3-11-8(12-4-6)13-2-1-7(10)5-13/h3-4,7H,1-2,5,10H2. The molecule has 2 heterocycles. The molecule has 1 aromatic rings. The number of hydrogen-bond donors (Lipinski definition) is 1. The van der Waals surface area contributed by atoms with E-state index in [2.05, 4.69) is 9.97 Å². The van der Waals surface area contributed by atoms with Crippen LogP contribution in [0.3, 0.4) is 0 Å². The van der Waals surface area contributed by atoms with Gasteiger partial charge in [0, 0.05) is 19.1 Å². The third-order valence-corrected chi connectivity index (χ3v) is 2.11. The number of nitrogens with zero attached hydrogens (tertiary/aromatic N) is 3. The highest BCUT2D eigenvalue weighted by molar-refractivity contribution is 5.30. The highest BCUT2D eigenvalue weighted by Gasteiger charge is 2.20. The highest BCUT2D eigenvalue weighted by atomic mass is 19.1. The van der Waals surface area contributed by atoms with Crippen molar-refractivity contribution in [3.05, 3.63) is 18.2 Å². The molecule has 1 aliphatic rings. The van der Waals surface area contributed by atoms with Gasteiger partial charge in [-0.05, 0) is 6.42 Å². The number of rotatable bonds is 1. The Morgan fingerprint density at radius 2 is 2.15 bits per heavy atom. The summed E-state index contributed by atoms with van der Waals surface area (Å²) in [4.78, 5) is 9.72. The monoisotopic (exact) mass is 182 g/mol. The molecular formula is C8H11FN4. The topological polar surface area (TPSA) is 55.0 Å². The van der Waals surface area contributed by atoms with E-state index in [0.29, 0.717) is 5.95 Å².